The van der Waals surface area contributed by atoms with Crippen molar-refractivity contribution >= 4 is 17.5 Å². The maximum atomic E-state index is 12.5. The lowest BCUT2D eigenvalue weighted by Crippen LogP contribution is -2.54. The van der Waals surface area contributed by atoms with Gasteiger partial charge in [-0.25, -0.2) is 0 Å². The number of fused-ring (bicyclic) bond motifs is 5. The molecule has 1 heterocycles. The van der Waals surface area contributed by atoms with E-state index >= 15 is 0 Å². The normalized spacial score (nSPS) is 59.8. The molecular formula is C20H30OS. The first-order chi connectivity index (χ1) is 10.5. The standard InChI is InChI=1S/C20H30OS/c1-18-9-10-20(12-22-20)11-13(18)3-4-14-15-5-6-17(21)19(15,2)8-7-16(14)18/h13-16H,3-12H2,1-2H3/t13?,14?,15?,16?,18-,19-,20-/m0/s1. The van der Waals surface area contributed by atoms with E-state index in [9.17, 15) is 4.79 Å². The Morgan fingerprint density at radius 3 is 2.59 bits per heavy atom. The molecule has 0 aromatic carbocycles. The molecule has 0 bridgehead atoms. The molecule has 2 heteroatoms. The van der Waals surface area contributed by atoms with Gasteiger partial charge < -0.3 is 0 Å². The number of Topliss-reactive ketones (excluding diaryl/α,β-unsaturated/α-hetero) is 1. The number of rotatable bonds is 0. The number of hydrogen-bond acceptors (Lipinski definition) is 2. The fourth-order valence-electron chi connectivity index (χ4n) is 7.44. The molecule has 22 heavy (non-hydrogen) atoms. The first-order valence-corrected chi connectivity index (χ1v) is 10.6. The monoisotopic (exact) mass is 318 g/mol. The van der Waals surface area contributed by atoms with E-state index in [1.165, 1.54) is 57.1 Å². The van der Waals surface area contributed by atoms with Crippen LogP contribution in [0, 0.1) is 34.5 Å². The molecule has 4 saturated carbocycles. The van der Waals surface area contributed by atoms with Crippen LogP contribution in [-0.2, 0) is 4.79 Å². The fraction of sp³-hybridized carbons (Fsp3) is 0.950. The molecule has 1 aliphatic heterocycles. The lowest BCUT2D eigenvalue weighted by atomic mass is 9.45. The van der Waals surface area contributed by atoms with E-state index < -0.39 is 0 Å². The van der Waals surface area contributed by atoms with Gasteiger partial charge in [0, 0.05) is 22.3 Å². The zero-order valence-corrected chi connectivity index (χ0v) is 15.0. The van der Waals surface area contributed by atoms with Gasteiger partial charge >= 0.3 is 0 Å². The zero-order valence-electron chi connectivity index (χ0n) is 14.2. The van der Waals surface area contributed by atoms with Crippen LogP contribution in [0.5, 0.6) is 0 Å². The highest BCUT2D eigenvalue weighted by Crippen LogP contribution is 2.69. The van der Waals surface area contributed by atoms with E-state index in [1.807, 2.05) is 0 Å². The minimum Gasteiger partial charge on any atom is -0.299 e. The van der Waals surface area contributed by atoms with Gasteiger partial charge in [-0.15, -0.1) is 0 Å². The zero-order chi connectivity index (χ0) is 15.2. The average Bonchev–Trinajstić information content (AvgIpc) is 3.19. The van der Waals surface area contributed by atoms with Gasteiger partial charge in [0.15, 0.2) is 0 Å². The molecule has 5 aliphatic rings. The second-order valence-electron chi connectivity index (χ2n) is 9.75. The predicted octanol–water partition coefficient (Wildman–Crippen LogP) is 5.08. The molecule has 1 nitrogen and oxygen atoms in total. The summed E-state index contributed by atoms with van der Waals surface area (Å²) in [5.41, 5.74) is 0.664. The third-order valence-electron chi connectivity index (χ3n) is 9.06. The van der Waals surface area contributed by atoms with Gasteiger partial charge in [0.2, 0.25) is 0 Å². The predicted molar refractivity (Wildman–Crippen MR) is 91.9 cm³/mol. The third-order valence-corrected chi connectivity index (χ3v) is 10.5. The Balaban J connectivity index is 1.45. The number of hydrogen-bond donors (Lipinski definition) is 0. The first kappa shape index (κ1) is 14.4. The fourth-order valence-corrected chi connectivity index (χ4v) is 8.47. The van der Waals surface area contributed by atoms with E-state index in [2.05, 4.69) is 25.6 Å². The number of thioether (sulfide) groups is 1. The Morgan fingerprint density at radius 2 is 1.82 bits per heavy atom. The quantitative estimate of drug-likeness (QED) is 0.579. The molecule has 1 spiro atoms. The lowest BCUT2D eigenvalue weighted by molar-refractivity contribution is -0.139. The Bertz CT molecular complexity index is 524. The summed E-state index contributed by atoms with van der Waals surface area (Å²) >= 11 is 2.25. The Hall–Kier alpha value is 0.0200. The van der Waals surface area contributed by atoms with Crippen molar-refractivity contribution in [2.75, 3.05) is 5.75 Å². The van der Waals surface area contributed by atoms with E-state index in [1.54, 1.807) is 0 Å². The van der Waals surface area contributed by atoms with Crippen LogP contribution < -0.4 is 0 Å². The highest BCUT2D eigenvalue weighted by Gasteiger charge is 2.62. The summed E-state index contributed by atoms with van der Waals surface area (Å²) in [4.78, 5) is 12.5. The minimum absolute atomic E-state index is 0.0621. The first-order valence-electron chi connectivity index (χ1n) is 9.64. The number of ketones is 1. The van der Waals surface area contributed by atoms with Crippen LogP contribution in [0.3, 0.4) is 0 Å². The molecule has 0 aromatic heterocycles. The summed E-state index contributed by atoms with van der Waals surface area (Å²) in [5.74, 6) is 5.55. The van der Waals surface area contributed by atoms with Crippen LogP contribution in [0.4, 0.5) is 0 Å². The molecular weight excluding hydrogens is 288 g/mol. The maximum absolute atomic E-state index is 12.5. The summed E-state index contributed by atoms with van der Waals surface area (Å²) < 4.78 is 0.726. The molecule has 5 rings (SSSR count). The molecule has 4 aliphatic carbocycles. The van der Waals surface area contributed by atoms with Gasteiger partial charge in [0.25, 0.3) is 0 Å². The van der Waals surface area contributed by atoms with E-state index in [-0.39, 0.29) is 5.41 Å². The Morgan fingerprint density at radius 1 is 1.00 bits per heavy atom. The van der Waals surface area contributed by atoms with Gasteiger partial charge in [-0.3, -0.25) is 4.79 Å². The second-order valence-corrected chi connectivity index (χ2v) is 11.2. The van der Waals surface area contributed by atoms with Gasteiger partial charge in [0.1, 0.15) is 5.78 Å². The molecule has 5 fully saturated rings. The van der Waals surface area contributed by atoms with Gasteiger partial charge in [-0.05, 0) is 80.5 Å². The number of carbonyl (C=O) groups is 1. The molecule has 0 radical (unpaired) electrons. The molecule has 1 saturated heterocycles. The van der Waals surface area contributed by atoms with Crippen molar-refractivity contribution in [2.45, 2.75) is 76.4 Å². The van der Waals surface area contributed by atoms with Crippen molar-refractivity contribution in [3.8, 4) is 0 Å². The highest BCUT2D eigenvalue weighted by atomic mass is 32.2. The van der Waals surface area contributed by atoms with Crippen LogP contribution in [0.25, 0.3) is 0 Å². The summed E-state index contributed by atoms with van der Waals surface area (Å²) in [6.45, 7) is 4.96. The topological polar surface area (TPSA) is 17.1 Å². The minimum atomic E-state index is 0.0621. The molecule has 122 valence electrons. The van der Waals surface area contributed by atoms with E-state index in [4.69, 9.17) is 0 Å². The van der Waals surface area contributed by atoms with Crippen LogP contribution in [0.1, 0.15) is 71.6 Å². The second kappa shape index (κ2) is 4.35. The van der Waals surface area contributed by atoms with Crippen molar-refractivity contribution in [2.24, 2.45) is 34.5 Å². The average molecular weight is 319 g/mol. The largest absolute Gasteiger partial charge is 0.299 e. The molecule has 0 amide bonds. The van der Waals surface area contributed by atoms with Gasteiger partial charge in [-0.1, -0.05) is 13.8 Å². The van der Waals surface area contributed by atoms with Crippen molar-refractivity contribution in [1.82, 2.24) is 0 Å². The van der Waals surface area contributed by atoms with Crippen molar-refractivity contribution in [3.05, 3.63) is 0 Å². The molecule has 0 N–H and O–H groups in total. The maximum Gasteiger partial charge on any atom is 0.139 e. The number of carbonyl (C=O) groups excluding carboxylic acids is 1. The Labute approximate surface area is 139 Å². The van der Waals surface area contributed by atoms with Crippen LogP contribution in [0.2, 0.25) is 0 Å². The van der Waals surface area contributed by atoms with Crippen LogP contribution in [0.15, 0.2) is 0 Å². The summed E-state index contributed by atoms with van der Waals surface area (Å²) in [5, 5.41) is 0. The molecule has 0 aromatic rings. The van der Waals surface area contributed by atoms with Crippen LogP contribution in [-0.4, -0.2) is 16.3 Å². The lowest BCUT2D eigenvalue weighted by Gasteiger charge is -2.60. The summed E-state index contributed by atoms with van der Waals surface area (Å²) in [7, 11) is 0. The third kappa shape index (κ3) is 1.71. The van der Waals surface area contributed by atoms with Gasteiger partial charge in [-0.2, -0.15) is 11.8 Å². The van der Waals surface area contributed by atoms with Crippen molar-refractivity contribution in [1.29, 1.82) is 0 Å². The van der Waals surface area contributed by atoms with E-state index in [0.29, 0.717) is 11.2 Å². The molecule has 4 unspecified atom stereocenters. The summed E-state index contributed by atoms with van der Waals surface area (Å²) in [6.07, 6.45) is 12.0. The van der Waals surface area contributed by atoms with Crippen LogP contribution >= 0.6 is 11.8 Å². The van der Waals surface area contributed by atoms with Crippen molar-refractivity contribution in [3.63, 3.8) is 0 Å². The summed E-state index contributed by atoms with van der Waals surface area (Å²) in [6, 6.07) is 0. The SMILES string of the molecule is C[C@]12CC[C@@]3(CS3)CC1CCC1C2CC[C@]2(C)C(=O)CCC12. The smallest absolute Gasteiger partial charge is 0.139 e. The van der Waals surface area contributed by atoms with Crippen molar-refractivity contribution < 1.29 is 4.79 Å². The highest BCUT2D eigenvalue weighted by molar-refractivity contribution is 8.07. The van der Waals surface area contributed by atoms with Gasteiger partial charge in [0.05, 0.1) is 0 Å². The Kier molecular flexibility index (Phi) is 2.84. The molecule has 7 atom stereocenters. The van der Waals surface area contributed by atoms with E-state index in [0.717, 1.165) is 34.8 Å².